The molecule has 49 heavy (non-hydrogen) atoms. The molecule has 10 aromatic rings. The Labute approximate surface area is 288 Å². The molecule has 0 aliphatic heterocycles. The van der Waals surface area contributed by atoms with Crippen molar-refractivity contribution in [1.29, 1.82) is 0 Å². The molecular weight excluding hydrogens is 611 g/mol. The molecule has 0 aliphatic carbocycles. The lowest BCUT2D eigenvalue weighted by atomic mass is 9.85. The largest absolute Gasteiger partial charge is 0.236 e. The predicted molar refractivity (Wildman–Crippen MR) is 211 cm³/mol. The summed E-state index contributed by atoms with van der Waals surface area (Å²) in [6.07, 6.45) is 0. The number of para-hydroxylation sites is 1. The van der Waals surface area contributed by atoms with Crippen molar-refractivity contribution in [2.24, 2.45) is 0 Å². The molecule has 9 aromatic carbocycles. The molecule has 1 nitrogen and oxygen atoms in total. The highest BCUT2D eigenvalue weighted by molar-refractivity contribution is 7.21. The van der Waals surface area contributed by atoms with Gasteiger partial charge in [0.25, 0.3) is 0 Å². The van der Waals surface area contributed by atoms with Crippen LogP contribution in [0.5, 0.6) is 0 Å². The molecule has 0 saturated carbocycles. The molecule has 0 amide bonds. The van der Waals surface area contributed by atoms with E-state index in [4.69, 9.17) is 4.98 Å². The third-order valence-electron chi connectivity index (χ3n) is 9.90. The molecule has 0 atom stereocenters. The van der Waals surface area contributed by atoms with Crippen molar-refractivity contribution in [3.63, 3.8) is 0 Å². The highest BCUT2D eigenvalue weighted by Crippen LogP contribution is 2.47. The Hall–Kier alpha value is -6.09. The molecule has 228 valence electrons. The van der Waals surface area contributed by atoms with E-state index in [1.165, 1.54) is 86.7 Å². The summed E-state index contributed by atoms with van der Waals surface area (Å²) < 4.78 is 1.21. The van der Waals surface area contributed by atoms with Crippen LogP contribution >= 0.6 is 11.3 Å². The predicted octanol–water partition coefficient (Wildman–Crippen LogP) is 13.6. The van der Waals surface area contributed by atoms with E-state index in [0.717, 1.165) is 10.5 Å². The van der Waals surface area contributed by atoms with Crippen LogP contribution in [-0.4, -0.2) is 4.98 Å². The topological polar surface area (TPSA) is 12.9 Å². The number of fused-ring (bicyclic) bond motifs is 5. The SMILES string of the molecule is c1ccc(-c2c3ccccc3c(-c3ccc(-c4c5ccccc5c(-c5nc6ccccc6s5)c5ccccc45)cc3)c3ccccc23)cc1. The van der Waals surface area contributed by atoms with Gasteiger partial charge in [-0.25, -0.2) is 4.98 Å². The number of rotatable bonds is 4. The average molecular weight is 640 g/mol. The van der Waals surface area contributed by atoms with Crippen LogP contribution in [0.25, 0.3) is 97.3 Å². The molecule has 0 aliphatic rings. The first-order chi connectivity index (χ1) is 24.3. The minimum atomic E-state index is 1.05. The maximum absolute atomic E-state index is 5.12. The number of nitrogens with zero attached hydrogens (tertiary/aromatic N) is 1. The summed E-state index contributed by atoms with van der Waals surface area (Å²) in [7, 11) is 0. The molecule has 0 bridgehead atoms. The number of aromatic nitrogens is 1. The summed E-state index contributed by atoms with van der Waals surface area (Å²) >= 11 is 1.77. The molecule has 2 heteroatoms. The second-order valence-electron chi connectivity index (χ2n) is 12.6. The summed E-state index contributed by atoms with van der Waals surface area (Å²) in [6, 6.07) is 63.9. The third kappa shape index (κ3) is 4.42. The van der Waals surface area contributed by atoms with Gasteiger partial charge in [0.2, 0.25) is 0 Å². The van der Waals surface area contributed by atoms with Gasteiger partial charge in [0.15, 0.2) is 0 Å². The van der Waals surface area contributed by atoms with E-state index in [0.29, 0.717) is 0 Å². The smallest absolute Gasteiger partial charge is 0.125 e. The minimum Gasteiger partial charge on any atom is -0.236 e. The van der Waals surface area contributed by atoms with Gasteiger partial charge in [-0.1, -0.05) is 164 Å². The highest BCUT2D eigenvalue weighted by Gasteiger charge is 2.20. The first-order valence-electron chi connectivity index (χ1n) is 16.7. The quantitative estimate of drug-likeness (QED) is 0.175. The Morgan fingerprint density at radius 2 is 0.612 bits per heavy atom. The van der Waals surface area contributed by atoms with Crippen LogP contribution in [0.3, 0.4) is 0 Å². The van der Waals surface area contributed by atoms with Gasteiger partial charge in [-0.05, 0) is 88.6 Å². The fourth-order valence-electron chi connectivity index (χ4n) is 7.81. The lowest BCUT2D eigenvalue weighted by Gasteiger charge is -2.19. The zero-order chi connectivity index (χ0) is 32.3. The van der Waals surface area contributed by atoms with Crippen LogP contribution in [-0.2, 0) is 0 Å². The van der Waals surface area contributed by atoms with Crippen LogP contribution in [0.2, 0.25) is 0 Å². The first kappa shape index (κ1) is 28.0. The second kappa shape index (κ2) is 11.3. The zero-order valence-electron chi connectivity index (χ0n) is 26.6. The normalized spacial score (nSPS) is 11.7. The molecule has 1 heterocycles. The van der Waals surface area contributed by atoms with Crippen LogP contribution in [0.15, 0.2) is 176 Å². The Kier molecular flexibility index (Phi) is 6.43. The van der Waals surface area contributed by atoms with E-state index in [2.05, 4.69) is 176 Å². The van der Waals surface area contributed by atoms with Crippen molar-refractivity contribution in [2.75, 3.05) is 0 Å². The van der Waals surface area contributed by atoms with Gasteiger partial charge in [-0.3, -0.25) is 0 Å². The van der Waals surface area contributed by atoms with Gasteiger partial charge in [-0.15, -0.1) is 11.3 Å². The Bertz CT molecular complexity index is 2720. The number of benzene rings is 9. The molecule has 0 saturated heterocycles. The van der Waals surface area contributed by atoms with Gasteiger partial charge in [0, 0.05) is 5.56 Å². The molecule has 0 unspecified atom stereocenters. The lowest BCUT2D eigenvalue weighted by molar-refractivity contribution is 1.50. The second-order valence-corrected chi connectivity index (χ2v) is 13.6. The summed E-state index contributed by atoms with van der Waals surface area (Å²) in [5.41, 5.74) is 9.76. The van der Waals surface area contributed by atoms with Crippen molar-refractivity contribution < 1.29 is 0 Å². The molecular formula is C47H29NS. The molecule has 0 N–H and O–H groups in total. The van der Waals surface area contributed by atoms with Gasteiger partial charge in [0.05, 0.1) is 10.2 Å². The van der Waals surface area contributed by atoms with E-state index in [1.54, 1.807) is 11.3 Å². The fourth-order valence-corrected chi connectivity index (χ4v) is 8.85. The maximum Gasteiger partial charge on any atom is 0.125 e. The highest BCUT2D eigenvalue weighted by atomic mass is 32.1. The van der Waals surface area contributed by atoms with Crippen LogP contribution in [0.1, 0.15) is 0 Å². The Balaban J connectivity index is 1.20. The number of thiazole rings is 1. The number of hydrogen-bond donors (Lipinski definition) is 0. The van der Waals surface area contributed by atoms with Crippen LogP contribution < -0.4 is 0 Å². The van der Waals surface area contributed by atoms with Crippen molar-refractivity contribution >= 4 is 64.6 Å². The molecule has 0 radical (unpaired) electrons. The summed E-state index contributed by atoms with van der Waals surface area (Å²) in [6.45, 7) is 0. The Morgan fingerprint density at radius 3 is 1.02 bits per heavy atom. The summed E-state index contributed by atoms with van der Waals surface area (Å²) in [5, 5.41) is 11.1. The van der Waals surface area contributed by atoms with Crippen molar-refractivity contribution in [3.8, 4) is 44.0 Å². The molecule has 0 fully saturated rings. The van der Waals surface area contributed by atoms with Crippen molar-refractivity contribution in [1.82, 2.24) is 4.98 Å². The van der Waals surface area contributed by atoms with Crippen LogP contribution in [0.4, 0.5) is 0 Å². The summed E-state index contributed by atoms with van der Waals surface area (Å²) in [4.78, 5) is 5.12. The lowest BCUT2D eigenvalue weighted by Crippen LogP contribution is -1.92. The van der Waals surface area contributed by atoms with Crippen LogP contribution in [0, 0.1) is 0 Å². The van der Waals surface area contributed by atoms with Gasteiger partial charge < -0.3 is 0 Å². The molecule has 1 aromatic heterocycles. The zero-order valence-corrected chi connectivity index (χ0v) is 27.4. The van der Waals surface area contributed by atoms with Gasteiger partial charge >= 0.3 is 0 Å². The third-order valence-corrected chi connectivity index (χ3v) is 10.9. The van der Waals surface area contributed by atoms with Gasteiger partial charge in [0.1, 0.15) is 5.01 Å². The molecule has 10 rings (SSSR count). The monoisotopic (exact) mass is 639 g/mol. The van der Waals surface area contributed by atoms with E-state index in [1.807, 2.05) is 0 Å². The average Bonchev–Trinajstić information content (AvgIpc) is 3.60. The van der Waals surface area contributed by atoms with Gasteiger partial charge in [-0.2, -0.15) is 0 Å². The maximum atomic E-state index is 5.12. The van der Waals surface area contributed by atoms with E-state index < -0.39 is 0 Å². The number of hydrogen-bond acceptors (Lipinski definition) is 2. The standard InChI is InChI=1S/C47H29NS/c1-2-14-30(15-3-1)43-33-16-4-6-18-35(33)44(36-19-7-5-17-34(36)43)31-26-28-32(29-27-31)45-37-20-8-10-22-39(37)46(40-23-11-9-21-38(40)45)47-48-41-24-12-13-25-42(41)49-47/h1-29H. The molecule has 0 spiro atoms. The first-order valence-corrected chi connectivity index (χ1v) is 17.5. The van der Waals surface area contributed by atoms with E-state index in [-0.39, 0.29) is 0 Å². The van der Waals surface area contributed by atoms with E-state index >= 15 is 0 Å². The fraction of sp³-hybridized carbons (Fsp3) is 0. The van der Waals surface area contributed by atoms with E-state index in [9.17, 15) is 0 Å². The summed E-state index contributed by atoms with van der Waals surface area (Å²) in [5.74, 6) is 0. The van der Waals surface area contributed by atoms with Crippen molar-refractivity contribution in [3.05, 3.63) is 176 Å². The van der Waals surface area contributed by atoms with Crippen molar-refractivity contribution in [2.45, 2.75) is 0 Å². The minimum absolute atomic E-state index is 1.05. The Morgan fingerprint density at radius 1 is 0.286 bits per heavy atom.